The molecule has 1 aliphatic heterocycles. The van der Waals surface area contributed by atoms with E-state index in [0.29, 0.717) is 12.2 Å². The van der Waals surface area contributed by atoms with Gasteiger partial charge in [-0.25, -0.2) is 0 Å². The number of nitrogens with one attached hydrogen (secondary N) is 1. The molecule has 0 aromatic heterocycles. The van der Waals surface area contributed by atoms with E-state index in [1.807, 2.05) is 0 Å². The second-order valence-electron chi connectivity index (χ2n) is 4.92. The van der Waals surface area contributed by atoms with Gasteiger partial charge in [-0.05, 0) is 26.0 Å². The number of hydrogen-bond acceptors (Lipinski definition) is 4. The summed E-state index contributed by atoms with van der Waals surface area (Å²) < 4.78 is 0. The van der Waals surface area contributed by atoms with Gasteiger partial charge in [-0.1, -0.05) is 0 Å². The van der Waals surface area contributed by atoms with Gasteiger partial charge in [0.25, 0.3) is 0 Å². The lowest BCUT2D eigenvalue weighted by Crippen LogP contribution is -2.45. The molecule has 5 nitrogen and oxygen atoms in total. The molecule has 5 heteroatoms. The monoisotopic (exact) mass is 236 g/mol. The van der Waals surface area contributed by atoms with Crippen LogP contribution in [0.15, 0.2) is 18.2 Å². The summed E-state index contributed by atoms with van der Waals surface area (Å²) >= 11 is 0. The molecule has 1 aromatic carbocycles. The Labute approximate surface area is 99.7 Å². The quantitative estimate of drug-likeness (QED) is 0.668. The highest BCUT2D eigenvalue weighted by Crippen LogP contribution is 2.33. The molecule has 0 aliphatic carbocycles. The number of phenolic OH excluding ortho intramolecular Hbond substituents is 1. The van der Waals surface area contributed by atoms with Crippen molar-refractivity contribution in [3.63, 3.8) is 0 Å². The highest BCUT2D eigenvalue weighted by molar-refractivity contribution is 6.01. The summed E-state index contributed by atoms with van der Waals surface area (Å²) in [4.78, 5) is 13.3. The van der Waals surface area contributed by atoms with Crippen LogP contribution in [0, 0.1) is 0 Å². The number of benzene rings is 1. The number of rotatable bonds is 2. The van der Waals surface area contributed by atoms with E-state index in [1.165, 1.54) is 6.07 Å². The fraction of sp³-hybridized carbons (Fsp3) is 0.417. The van der Waals surface area contributed by atoms with E-state index in [9.17, 15) is 15.0 Å². The van der Waals surface area contributed by atoms with Crippen LogP contribution in [-0.2, 0) is 4.79 Å². The molecule has 1 aliphatic rings. The molecule has 0 unspecified atom stereocenters. The van der Waals surface area contributed by atoms with Gasteiger partial charge < -0.3 is 20.4 Å². The molecule has 1 heterocycles. The Kier molecular flexibility index (Phi) is 2.71. The van der Waals surface area contributed by atoms with E-state index in [0.717, 1.165) is 5.69 Å². The maximum atomic E-state index is 11.5. The van der Waals surface area contributed by atoms with Gasteiger partial charge in [0.1, 0.15) is 5.75 Å². The first kappa shape index (κ1) is 11.7. The third kappa shape index (κ3) is 2.68. The fourth-order valence-electron chi connectivity index (χ4n) is 1.94. The van der Waals surface area contributed by atoms with Gasteiger partial charge in [0.15, 0.2) is 0 Å². The average molecular weight is 236 g/mol. The zero-order valence-corrected chi connectivity index (χ0v) is 9.90. The van der Waals surface area contributed by atoms with E-state index in [1.54, 1.807) is 30.9 Å². The molecule has 0 saturated heterocycles. The number of aromatic hydroxyl groups is 1. The smallest absolute Gasteiger partial charge is 0.243 e. The molecule has 0 radical (unpaired) electrons. The predicted molar refractivity (Wildman–Crippen MR) is 65.2 cm³/mol. The summed E-state index contributed by atoms with van der Waals surface area (Å²) in [6.45, 7) is 3.88. The van der Waals surface area contributed by atoms with Gasteiger partial charge in [0.2, 0.25) is 5.91 Å². The molecule has 1 aromatic rings. The molecular formula is C12H16N2O3. The van der Waals surface area contributed by atoms with Crippen molar-refractivity contribution in [1.82, 2.24) is 0 Å². The van der Waals surface area contributed by atoms with Crippen molar-refractivity contribution in [3.05, 3.63) is 18.2 Å². The highest BCUT2D eigenvalue weighted by atomic mass is 16.3. The first-order valence-corrected chi connectivity index (χ1v) is 5.45. The van der Waals surface area contributed by atoms with Crippen LogP contribution in [-0.4, -0.2) is 34.8 Å². The zero-order valence-electron chi connectivity index (χ0n) is 9.90. The summed E-state index contributed by atoms with van der Waals surface area (Å²) in [6, 6.07) is 4.76. The summed E-state index contributed by atoms with van der Waals surface area (Å²) in [5, 5.41) is 22.0. The number of aliphatic hydroxyl groups is 1. The van der Waals surface area contributed by atoms with E-state index < -0.39 is 5.60 Å². The Bertz CT molecular complexity index is 452. The van der Waals surface area contributed by atoms with Gasteiger partial charge >= 0.3 is 0 Å². The number of fused-ring (bicyclic) bond motifs is 1. The van der Waals surface area contributed by atoms with Crippen molar-refractivity contribution in [2.75, 3.05) is 23.3 Å². The first-order valence-electron chi connectivity index (χ1n) is 5.45. The van der Waals surface area contributed by atoms with E-state index in [-0.39, 0.29) is 18.2 Å². The van der Waals surface area contributed by atoms with E-state index in [2.05, 4.69) is 5.32 Å². The third-order valence-electron chi connectivity index (χ3n) is 2.51. The van der Waals surface area contributed by atoms with Gasteiger partial charge in [0, 0.05) is 12.6 Å². The number of hydrogen-bond donors (Lipinski definition) is 3. The number of phenols is 1. The fourth-order valence-corrected chi connectivity index (χ4v) is 1.94. The molecule has 0 fully saturated rings. The van der Waals surface area contributed by atoms with Crippen molar-refractivity contribution >= 4 is 17.3 Å². The molecule has 0 atom stereocenters. The van der Waals surface area contributed by atoms with Gasteiger partial charge in [-0.2, -0.15) is 0 Å². The van der Waals surface area contributed by atoms with Crippen LogP contribution in [0.1, 0.15) is 13.8 Å². The summed E-state index contributed by atoms with van der Waals surface area (Å²) in [6.07, 6.45) is 0. The van der Waals surface area contributed by atoms with E-state index in [4.69, 9.17) is 0 Å². The summed E-state index contributed by atoms with van der Waals surface area (Å²) in [5.41, 5.74) is 0.482. The topological polar surface area (TPSA) is 72.8 Å². The minimum Gasteiger partial charge on any atom is -0.508 e. The Balaban J connectivity index is 2.36. The minimum absolute atomic E-state index is 0.118. The van der Waals surface area contributed by atoms with Gasteiger partial charge in [0.05, 0.1) is 23.5 Å². The lowest BCUT2D eigenvalue weighted by molar-refractivity contribution is -0.115. The second-order valence-corrected chi connectivity index (χ2v) is 4.92. The largest absolute Gasteiger partial charge is 0.508 e. The Hall–Kier alpha value is -1.75. The van der Waals surface area contributed by atoms with Crippen LogP contribution in [0.2, 0.25) is 0 Å². The lowest BCUT2D eigenvalue weighted by atomic mass is 10.1. The summed E-state index contributed by atoms with van der Waals surface area (Å²) in [7, 11) is 0. The SMILES string of the molecule is CC(C)(O)CN1CC(=O)Nc2ccc(O)cc21. The number of carbonyl (C=O) groups excluding carboxylic acids is 1. The molecular weight excluding hydrogens is 220 g/mol. The first-order chi connectivity index (χ1) is 7.85. The van der Waals surface area contributed by atoms with Gasteiger partial charge in [-0.15, -0.1) is 0 Å². The Morgan fingerprint density at radius 1 is 1.47 bits per heavy atom. The molecule has 2 rings (SSSR count). The third-order valence-corrected chi connectivity index (χ3v) is 2.51. The number of anilines is 2. The second kappa shape index (κ2) is 3.92. The number of nitrogens with zero attached hydrogens (tertiary/aromatic N) is 1. The maximum Gasteiger partial charge on any atom is 0.243 e. The number of amides is 1. The van der Waals surface area contributed by atoms with Gasteiger partial charge in [-0.3, -0.25) is 4.79 Å². The maximum absolute atomic E-state index is 11.5. The van der Waals surface area contributed by atoms with E-state index >= 15 is 0 Å². The van der Waals surface area contributed by atoms with Crippen LogP contribution in [0.25, 0.3) is 0 Å². The standard InChI is InChI=1S/C12H16N2O3/c1-12(2,17)7-14-6-11(16)13-9-4-3-8(15)5-10(9)14/h3-5,15,17H,6-7H2,1-2H3,(H,13,16). The predicted octanol–water partition coefficient (Wildman–Crippen LogP) is 0.922. The molecule has 17 heavy (non-hydrogen) atoms. The lowest BCUT2D eigenvalue weighted by Gasteiger charge is -2.34. The molecule has 92 valence electrons. The number of carbonyl (C=O) groups is 1. The normalized spacial score (nSPS) is 15.5. The van der Waals surface area contributed by atoms with Crippen molar-refractivity contribution in [1.29, 1.82) is 0 Å². The van der Waals surface area contributed by atoms with Crippen LogP contribution in [0.5, 0.6) is 5.75 Å². The van der Waals surface area contributed by atoms with Crippen molar-refractivity contribution in [3.8, 4) is 5.75 Å². The summed E-state index contributed by atoms with van der Waals surface area (Å²) in [5.74, 6) is 0.0214. The molecule has 0 bridgehead atoms. The molecule has 1 amide bonds. The minimum atomic E-state index is -0.902. The van der Waals surface area contributed by atoms with Crippen molar-refractivity contribution in [2.45, 2.75) is 19.4 Å². The van der Waals surface area contributed by atoms with Crippen molar-refractivity contribution < 1.29 is 15.0 Å². The number of β-amino-alcohol motifs (C(OH)–C–C–N with tert-alkyl or cyclic N) is 1. The van der Waals surface area contributed by atoms with Crippen LogP contribution in [0.4, 0.5) is 11.4 Å². The van der Waals surface area contributed by atoms with Crippen LogP contribution >= 0.6 is 0 Å². The van der Waals surface area contributed by atoms with Crippen LogP contribution < -0.4 is 10.2 Å². The highest BCUT2D eigenvalue weighted by Gasteiger charge is 2.26. The van der Waals surface area contributed by atoms with Crippen molar-refractivity contribution in [2.24, 2.45) is 0 Å². The Morgan fingerprint density at radius 3 is 2.82 bits per heavy atom. The zero-order chi connectivity index (χ0) is 12.6. The Morgan fingerprint density at radius 2 is 2.18 bits per heavy atom. The molecule has 0 saturated carbocycles. The van der Waals surface area contributed by atoms with Crippen LogP contribution in [0.3, 0.4) is 0 Å². The average Bonchev–Trinajstić information content (AvgIpc) is 2.16. The molecule has 0 spiro atoms. The molecule has 3 N–H and O–H groups in total.